The summed E-state index contributed by atoms with van der Waals surface area (Å²) < 4.78 is 32.0. The van der Waals surface area contributed by atoms with Crippen LogP contribution < -0.4 is 0 Å². The normalized spacial score (nSPS) is 11.4. The zero-order valence-electron chi connectivity index (χ0n) is 16.8. The maximum atomic E-state index is 11.6. The van der Waals surface area contributed by atoms with Crippen molar-refractivity contribution >= 4 is 63.4 Å². The molecule has 0 N–H and O–H groups in total. The molecule has 0 atom stereocenters. The zero-order chi connectivity index (χ0) is 21.2. The average Bonchev–Trinajstić information content (AvgIpc) is 2.65. The highest BCUT2D eigenvalue weighted by Crippen LogP contribution is 2.28. The van der Waals surface area contributed by atoms with E-state index >= 15 is 0 Å². The van der Waals surface area contributed by atoms with Crippen LogP contribution in [0.25, 0.3) is 0 Å². The summed E-state index contributed by atoms with van der Waals surface area (Å²) in [6, 6.07) is 0. The number of carbonyl (C=O) groups is 2. The molecule has 0 aliphatic rings. The van der Waals surface area contributed by atoms with E-state index in [1.165, 1.54) is 0 Å². The van der Waals surface area contributed by atoms with Crippen molar-refractivity contribution in [3.8, 4) is 0 Å². The maximum Gasteiger partial charge on any atom is 0.319 e. The summed E-state index contributed by atoms with van der Waals surface area (Å²) in [5.41, 5.74) is 0. The summed E-state index contributed by atoms with van der Waals surface area (Å²) in [6.45, 7) is 8.70. The van der Waals surface area contributed by atoms with Gasteiger partial charge in [-0.15, -0.1) is 0 Å². The van der Waals surface area contributed by atoms with E-state index in [-0.39, 0.29) is 23.8 Å². The van der Waals surface area contributed by atoms with E-state index in [1.54, 1.807) is 70.9 Å². The van der Waals surface area contributed by atoms with Crippen molar-refractivity contribution in [2.24, 2.45) is 11.8 Å². The van der Waals surface area contributed by atoms with Gasteiger partial charge in [0, 0.05) is 23.0 Å². The van der Waals surface area contributed by atoms with Gasteiger partial charge in [-0.25, -0.2) is 0 Å². The third kappa shape index (κ3) is 18.5. The predicted molar refractivity (Wildman–Crippen MR) is 122 cm³/mol. The average molecular weight is 495 g/mol. The molecule has 0 bridgehead atoms. The van der Waals surface area contributed by atoms with Gasteiger partial charge in [0.1, 0.15) is 13.2 Å². The molecule has 0 aliphatic heterocycles. The van der Waals surface area contributed by atoms with Crippen molar-refractivity contribution in [3.63, 3.8) is 0 Å². The van der Waals surface area contributed by atoms with Gasteiger partial charge in [0.05, 0.1) is 25.0 Å². The molecular weight excluding hydrogens is 463 g/mol. The van der Waals surface area contributed by atoms with Crippen LogP contribution in [-0.2, 0) is 32.7 Å². The van der Waals surface area contributed by atoms with Crippen molar-refractivity contribution in [1.29, 1.82) is 0 Å². The lowest BCUT2D eigenvalue weighted by atomic mass is 10.2. The summed E-state index contributed by atoms with van der Waals surface area (Å²) in [7, 11) is 3.86. The molecule has 0 aromatic heterocycles. The molecule has 0 saturated carbocycles. The molecule has 0 amide bonds. The van der Waals surface area contributed by atoms with Gasteiger partial charge in [-0.3, -0.25) is 14.2 Å². The molecule has 0 radical (unpaired) electrons. The number of hydrogen-bond donors (Lipinski definition) is 0. The summed E-state index contributed by atoms with van der Waals surface area (Å²) in [5, 5.41) is 0. The Bertz CT molecular complexity index is 415. The Balaban J connectivity index is 3.32. The van der Waals surface area contributed by atoms with E-state index in [0.29, 0.717) is 49.4 Å². The molecule has 0 heterocycles. The van der Waals surface area contributed by atoms with Gasteiger partial charge in [0.2, 0.25) is 0 Å². The second-order valence-electron chi connectivity index (χ2n) is 5.88. The van der Waals surface area contributed by atoms with Gasteiger partial charge < -0.3 is 18.5 Å². The van der Waals surface area contributed by atoms with Crippen molar-refractivity contribution in [2.45, 2.75) is 27.7 Å². The van der Waals surface area contributed by atoms with Crippen LogP contribution >= 0.6 is 51.4 Å². The lowest BCUT2D eigenvalue weighted by Crippen LogP contribution is -2.13. The van der Waals surface area contributed by atoms with E-state index in [2.05, 4.69) is 0 Å². The molecule has 0 aromatic carbocycles. The Hall–Kier alpha value is 0.490. The first-order chi connectivity index (χ1) is 13.3. The van der Waals surface area contributed by atoms with Crippen molar-refractivity contribution in [1.82, 2.24) is 0 Å². The first kappa shape index (κ1) is 28.5. The van der Waals surface area contributed by atoms with Gasteiger partial charge in [0.15, 0.2) is 0 Å². The molecule has 7 nitrogen and oxygen atoms in total. The van der Waals surface area contributed by atoms with Gasteiger partial charge in [0.25, 0.3) is 0 Å². The molecule has 0 aliphatic carbocycles. The number of ether oxygens (including phenoxy) is 2. The number of rotatable bonds is 18. The quantitative estimate of drug-likeness (QED) is 0.116. The highest BCUT2D eigenvalue weighted by Gasteiger charge is 2.08. The second kappa shape index (κ2) is 19.5. The lowest BCUT2D eigenvalue weighted by Gasteiger charge is -2.07. The number of esters is 2. The number of hydrogen-bond acceptors (Lipinski definition) is 11. The standard InChI is InChI=1S/C16H31O7PS4/c1-13(2)15(17)20-5-9-25-27-11-7-22-24(19)23-8-12-28-26-10-6-21-16(18)14(3)4/h13-14,24H,5-12H2,1-4H3. The molecule has 0 fully saturated rings. The summed E-state index contributed by atoms with van der Waals surface area (Å²) in [4.78, 5) is 22.5. The van der Waals surface area contributed by atoms with E-state index in [9.17, 15) is 14.2 Å². The van der Waals surface area contributed by atoms with Gasteiger partial charge >= 0.3 is 20.2 Å². The van der Waals surface area contributed by atoms with Crippen LogP contribution in [0, 0.1) is 11.8 Å². The Morgan fingerprint density at radius 2 is 1.00 bits per heavy atom. The molecule has 0 spiro atoms. The van der Waals surface area contributed by atoms with Crippen LogP contribution in [0.15, 0.2) is 0 Å². The van der Waals surface area contributed by atoms with Crippen LogP contribution in [0.1, 0.15) is 27.7 Å². The van der Waals surface area contributed by atoms with Crippen LogP contribution in [0.4, 0.5) is 0 Å². The summed E-state index contributed by atoms with van der Waals surface area (Å²) >= 11 is 0. The fraction of sp³-hybridized carbons (Fsp3) is 0.875. The van der Waals surface area contributed by atoms with Crippen molar-refractivity contribution in [3.05, 3.63) is 0 Å². The molecule has 0 saturated heterocycles. The summed E-state index contributed by atoms with van der Waals surface area (Å²) in [6.07, 6.45) is 0. The monoisotopic (exact) mass is 494 g/mol. The SMILES string of the molecule is CC(C)C(=O)OCCSSCCO[PH](=O)OCCSSCCOC(=O)C(C)C. The van der Waals surface area contributed by atoms with E-state index in [0.717, 1.165) is 0 Å². The van der Waals surface area contributed by atoms with Crippen LogP contribution in [0.2, 0.25) is 0 Å². The van der Waals surface area contributed by atoms with Crippen molar-refractivity contribution in [2.75, 3.05) is 49.4 Å². The minimum absolute atomic E-state index is 0.102. The second-order valence-corrected chi connectivity index (χ2v) is 12.4. The third-order valence-electron chi connectivity index (χ3n) is 2.70. The molecule has 0 rings (SSSR count). The van der Waals surface area contributed by atoms with Gasteiger partial charge in [-0.2, -0.15) is 0 Å². The first-order valence-corrected chi connectivity index (χ1v) is 15.2. The fourth-order valence-electron chi connectivity index (χ4n) is 1.28. The van der Waals surface area contributed by atoms with Crippen LogP contribution in [-0.4, -0.2) is 61.4 Å². The Morgan fingerprint density at radius 3 is 1.32 bits per heavy atom. The lowest BCUT2D eigenvalue weighted by molar-refractivity contribution is -0.147. The summed E-state index contributed by atoms with van der Waals surface area (Å²) in [5.74, 6) is 2.21. The highest BCUT2D eigenvalue weighted by molar-refractivity contribution is 8.77. The van der Waals surface area contributed by atoms with E-state index in [4.69, 9.17) is 18.5 Å². The minimum atomic E-state index is -2.46. The molecular formula is C16H31O7PS4. The van der Waals surface area contributed by atoms with Gasteiger partial charge in [-0.1, -0.05) is 70.9 Å². The molecule has 0 aromatic rings. The molecule has 28 heavy (non-hydrogen) atoms. The Kier molecular flexibility index (Phi) is 19.8. The largest absolute Gasteiger partial charge is 0.465 e. The van der Waals surface area contributed by atoms with Crippen LogP contribution in [0.5, 0.6) is 0 Å². The van der Waals surface area contributed by atoms with Gasteiger partial charge in [-0.05, 0) is 0 Å². The highest BCUT2D eigenvalue weighted by atomic mass is 33.1. The Labute approximate surface area is 184 Å². The molecule has 0 unspecified atom stereocenters. The van der Waals surface area contributed by atoms with Crippen molar-refractivity contribution < 1.29 is 32.7 Å². The molecule has 12 heteroatoms. The maximum absolute atomic E-state index is 11.6. The minimum Gasteiger partial charge on any atom is -0.465 e. The van der Waals surface area contributed by atoms with Crippen LogP contribution in [0.3, 0.4) is 0 Å². The van der Waals surface area contributed by atoms with E-state index < -0.39 is 8.25 Å². The Morgan fingerprint density at radius 1 is 0.679 bits per heavy atom. The molecule has 166 valence electrons. The zero-order valence-corrected chi connectivity index (χ0v) is 21.1. The third-order valence-corrected chi connectivity index (χ3v) is 8.25. The predicted octanol–water partition coefficient (Wildman–Crippen LogP) is 4.57. The first-order valence-electron chi connectivity index (χ1n) is 8.96. The topological polar surface area (TPSA) is 88.1 Å². The smallest absolute Gasteiger partial charge is 0.319 e. The fourth-order valence-corrected chi connectivity index (χ4v) is 5.51. The van der Waals surface area contributed by atoms with E-state index in [1.807, 2.05) is 0 Å². The number of carbonyl (C=O) groups excluding carboxylic acids is 2.